The fraction of sp³-hybridized carbons (Fsp3) is 0.940. The van der Waals surface area contributed by atoms with E-state index in [1.54, 1.807) is 6.08 Å². The molecule has 0 bridgehead atoms. The molecule has 0 fully saturated rings. The van der Waals surface area contributed by atoms with Crippen molar-refractivity contribution in [2.24, 2.45) is 0 Å². The van der Waals surface area contributed by atoms with Crippen LogP contribution in [0.15, 0.2) is 12.2 Å². The number of allylic oxidation sites excluding steroid dienone is 1. The summed E-state index contributed by atoms with van der Waals surface area (Å²) >= 11 is 0. The molecule has 0 aliphatic carbocycles. The third-order valence-electron chi connectivity index (χ3n) is 15.8. The van der Waals surface area contributed by atoms with Crippen LogP contribution in [0.1, 0.15) is 380 Å². The Morgan fingerprint density at radius 1 is 0.370 bits per heavy atom. The van der Waals surface area contributed by atoms with E-state index >= 15 is 0 Å². The zero-order valence-electron chi connectivity index (χ0n) is 49.6. The fourth-order valence-electron chi connectivity index (χ4n) is 10.7. The number of amides is 1. The molecule has 6 nitrogen and oxygen atoms in total. The van der Waals surface area contributed by atoms with Crippen molar-refractivity contribution < 1.29 is 24.5 Å². The first-order valence-electron chi connectivity index (χ1n) is 33.5. The molecular formula is C67H131NO5. The van der Waals surface area contributed by atoms with Crippen LogP contribution in [-0.2, 0) is 14.3 Å². The summed E-state index contributed by atoms with van der Waals surface area (Å²) in [4.78, 5) is 24.6. The third kappa shape index (κ3) is 59.7. The van der Waals surface area contributed by atoms with Crippen LogP contribution in [0.5, 0.6) is 0 Å². The van der Waals surface area contributed by atoms with Gasteiger partial charge in [0.1, 0.15) is 0 Å². The minimum absolute atomic E-state index is 0.0134. The van der Waals surface area contributed by atoms with Crippen molar-refractivity contribution in [3.8, 4) is 0 Å². The Bertz CT molecular complexity index is 1100. The molecule has 2 unspecified atom stereocenters. The molecule has 73 heavy (non-hydrogen) atoms. The highest BCUT2D eigenvalue weighted by Crippen LogP contribution is 2.19. The van der Waals surface area contributed by atoms with Crippen LogP contribution in [0.25, 0.3) is 0 Å². The SMILES string of the molecule is CCCCCCCCCCCCCCCCCCCC/C=C/C(O)C(CO)NC(=O)CCCCCCCCCCCCCCCCCCCCCOC(=O)CCCCCCCCCCCCCCCCCCC. The Labute approximate surface area is 457 Å². The summed E-state index contributed by atoms with van der Waals surface area (Å²) in [6, 6.07) is -0.630. The van der Waals surface area contributed by atoms with Gasteiger partial charge >= 0.3 is 5.97 Å². The van der Waals surface area contributed by atoms with E-state index in [2.05, 4.69) is 19.2 Å². The number of aliphatic hydroxyl groups excluding tert-OH is 2. The molecule has 0 rings (SSSR count). The van der Waals surface area contributed by atoms with Crippen LogP contribution in [0.3, 0.4) is 0 Å². The molecule has 0 radical (unpaired) electrons. The molecule has 2 atom stereocenters. The molecule has 6 heteroatoms. The minimum Gasteiger partial charge on any atom is -0.466 e. The lowest BCUT2D eigenvalue weighted by atomic mass is 10.0. The summed E-state index contributed by atoms with van der Waals surface area (Å²) in [5.41, 5.74) is 0. The highest BCUT2D eigenvalue weighted by molar-refractivity contribution is 5.76. The topological polar surface area (TPSA) is 95.9 Å². The van der Waals surface area contributed by atoms with Crippen LogP contribution in [0.2, 0.25) is 0 Å². The Balaban J connectivity index is 3.40. The molecule has 0 aromatic heterocycles. The van der Waals surface area contributed by atoms with E-state index in [1.165, 1.54) is 315 Å². The standard InChI is InChI=1S/C67H131NO5/c1-3-5-7-9-11-13-15-17-19-21-22-24-28-31-35-39-43-47-51-55-59-65(70)64(63-69)68-66(71)60-56-52-48-44-40-36-32-29-25-23-26-30-34-38-42-46-50-54-58-62-73-67(72)61-57-53-49-45-41-37-33-27-20-18-16-14-12-10-8-6-4-2/h55,59,64-65,69-70H,3-54,56-58,60-63H2,1-2H3,(H,68,71)/b59-55+. The van der Waals surface area contributed by atoms with Gasteiger partial charge in [-0.3, -0.25) is 9.59 Å². The van der Waals surface area contributed by atoms with Gasteiger partial charge in [-0.05, 0) is 32.1 Å². The maximum atomic E-state index is 12.5. The van der Waals surface area contributed by atoms with Crippen molar-refractivity contribution in [1.29, 1.82) is 0 Å². The molecule has 3 N–H and O–H groups in total. The molecule has 0 aromatic carbocycles. The summed E-state index contributed by atoms with van der Waals surface area (Å²) in [7, 11) is 0. The van der Waals surface area contributed by atoms with Crippen molar-refractivity contribution in [2.45, 2.75) is 392 Å². The molecule has 0 aliphatic heterocycles. The number of hydrogen-bond acceptors (Lipinski definition) is 5. The molecule has 0 aromatic rings. The fourth-order valence-corrected chi connectivity index (χ4v) is 10.7. The van der Waals surface area contributed by atoms with E-state index in [0.717, 1.165) is 38.5 Å². The molecule has 0 heterocycles. The molecule has 0 saturated carbocycles. The first-order chi connectivity index (χ1) is 36.0. The van der Waals surface area contributed by atoms with Crippen molar-refractivity contribution in [1.82, 2.24) is 5.32 Å². The normalized spacial score (nSPS) is 12.5. The quantitative estimate of drug-likeness (QED) is 0.0320. The maximum absolute atomic E-state index is 12.5. The summed E-state index contributed by atoms with van der Waals surface area (Å²) in [6.45, 7) is 4.94. The summed E-state index contributed by atoms with van der Waals surface area (Å²) in [6.07, 6.45) is 76.9. The van der Waals surface area contributed by atoms with Gasteiger partial charge in [0.25, 0.3) is 0 Å². The molecule has 0 saturated heterocycles. The monoisotopic (exact) mass is 1030 g/mol. The highest BCUT2D eigenvalue weighted by Gasteiger charge is 2.18. The molecule has 0 spiro atoms. The Kier molecular flexibility index (Phi) is 61.9. The number of unbranched alkanes of at least 4 members (excludes halogenated alkanes) is 52. The first-order valence-corrected chi connectivity index (χ1v) is 33.5. The van der Waals surface area contributed by atoms with Crippen LogP contribution in [0.4, 0.5) is 0 Å². The van der Waals surface area contributed by atoms with Crippen LogP contribution >= 0.6 is 0 Å². The van der Waals surface area contributed by atoms with E-state index in [-0.39, 0.29) is 18.5 Å². The lowest BCUT2D eigenvalue weighted by Gasteiger charge is -2.20. The lowest BCUT2D eigenvalue weighted by molar-refractivity contribution is -0.143. The highest BCUT2D eigenvalue weighted by atomic mass is 16.5. The van der Waals surface area contributed by atoms with Crippen LogP contribution in [0, 0.1) is 0 Å². The Hall–Kier alpha value is -1.40. The van der Waals surface area contributed by atoms with Crippen LogP contribution in [-0.4, -0.2) is 47.4 Å². The number of hydrogen-bond donors (Lipinski definition) is 3. The van der Waals surface area contributed by atoms with E-state index in [4.69, 9.17) is 4.74 Å². The Morgan fingerprint density at radius 3 is 0.932 bits per heavy atom. The van der Waals surface area contributed by atoms with E-state index in [9.17, 15) is 19.8 Å². The zero-order chi connectivity index (χ0) is 52.9. The lowest BCUT2D eigenvalue weighted by Crippen LogP contribution is -2.45. The summed E-state index contributed by atoms with van der Waals surface area (Å²) in [5, 5.41) is 23.2. The van der Waals surface area contributed by atoms with E-state index in [0.29, 0.717) is 19.4 Å². The second-order valence-electron chi connectivity index (χ2n) is 23.2. The van der Waals surface area contributed by atoms with Gasteiger partial charge in [0.05, 0.1) is 25.4 Å². The number of ether oxygens (including phenoxy) is 1. The predicted octanol–water partition coefficient (Wildman–Crippen LogP) is 21.2. The van der Waals surface area contributed by atoms with Crippen molar-refractivity contribution >= 4 is 11.9 Å². The number of esters is 1. The second-order valence-corrected chi connectivity index (χ2v) is 23.2. The average molecular weight is 1030 g/mol. The minimum atomic E-state index is -0.847. The smallest absolute Gasteiger partial charge is 0.305 e. The van der Waals surface area contributed by atoms with Crippen molar-refractivity contribution in [3.63, 3.8) is 0 Å². The molecular weight excluding hydrogens is 899 g/mol. The Morgan fingerprint density at radius 2 is 0.630 bits per heavy atom. The van der Waals surface area contributed by atoms with Crippen LogP contribution < -0.4 is 5.32 Å². The van der Waals surface area contributed by atoms with Gasteiger partial charge in [0.15, 0.2) is 0 Å². The summed E-state index contributed by atoms with van der Waals surface area (Å²) in [5.74, 6) is -0.0533. The number of nitrogens with one attached hydrogen (secondary N) is 1. The first kappa shape index (κ1) is 71.6. The predicted molar refractivity (Wildman–Crippen MR) is 320 cm³/mol. The van der Waals surface area contributed by atoms with Gasteiger partial charge in [-0.2, -0.15) is 0 Å². The van der Waals surface area contributed by atoms with E-state index < -0.39 is 12.1 Å². The maximum Gasteiger partial charge on any atom is 0.305 e. The van der Waals surface area contributed by atoms with Crippen molar-refractivity contribution in [2.75, 3.05) is 13.2 Å². The largest absolute Gasteiger partial charge is 0.466 e. The van der Waals surface area contributed by atoms with Gasteiger partial charge in [0, 0.05) is 12.8 Å². The van der Waals surface area contributed by atoms with Crippen molar-refractivity contribution in [3.05, 3.63) is 12.2 Å². The number of carbonyl (C=O) groups is 2. The van der Waals surface area contributed by atoms with Gasteiger partial charge in [-0.25, -0.2) is 0 Å². The average Bonchev–Trinajstić information content (AvgIpc) is 3.39. The third-order valence-corrected chi connectivity index (χ3v) is 15.8. The van der Waals surface area contributed by atoms with E-state index in [1.807, 2.05) is 6.08 Å². The van der Waals surface area contributed by atoms with Gasteiger partial charge < -0.3 is 20.3 Å². The second kappa shape index (κ2) is 63.1. The number of rotatable bonds is 63. The van der Waals surface area contributed by atoms with Gasteiger partial charge in [-0.15, -0.1) is 0 Å². The molecule has 0 aliphatic rings. The molecule has 434 valence electrons. The van der Waals surface area contributed by atoms with Gasteiger partial charge in [-0.1, -0.05) is 347 Å². The summed E-state index contributed by atoms with van der Waals surface area (Å²) < 4.78 is 5.50. The number of aliphatic hydroxyl groups is 2. The molecule has 1 amide bonds. The number of carbonyl (C=O) groups excluding carboxylic acids is 2. The zero-order valence-corrected chi connectivity index (χ0v) is 49.6. The van der Waals surface area contributed by atoms with Gasteiger partial charge in [0.2, 0.25) is 5.91 Å².